The van der Waals surface area contributed by atoms with Gasteiger partial charge in [-0.25, -0.2) is 0 Å². The number of aromatic nitrogens is 1. The molecule has 0 radical (unpaired) electrons. The van der Waals surface area contributed by atoms with Crippen LogP contribution in [0.1, 0.15) is 43.6 Å². The van der Waals surface area contributed by atoms with E-state index in [9.17, 15) is 0 Å². The van der Waals surface area contributed by atoms with Crippen molar-refractivity contribution in [3.8, 4) is 0 Å². The Morgan fingerprint density at radius 1 is 1.31 bits per heavy atom. The van der Waals surface area contributed by atoms with Gasteiger partial charge in [-0.3, -0.25) is 4.98 Å². The molecule has 0 unspecified atom stereocenters. The molecule has 1 aliphatic carbocycles. The zero-order valence-corrected chi connectivity index (χ0v) is 8.46. The Morgan fingerprint density at radius 3 is 2.77 bits per heavy atom. The second kappa shape index (κ2) is 2.99. The number of fused-ring (bicyclic) bond motifs is 1. The summed E-state index contributed by atoms with van der Waals surface area (Å²) in [5.74, 6) is 0.534. The molecule has 0 bridgehead atoms. The van der Waals surface area contributed by atoms with E-state index in [0.29, 0.717) is 5.92 Å². The highest BCUT2D eigenvalue weighted by Crippen LogP contribution is 2.24. The third-order valence-corrected chi connectivity index (χ3v) is 2.47. The van der Waals surface area contributed by atoms with E-state index >= 15 is 0 Å². The van der Waals surface area contributed by atoms with Crippen LogP contribution in [0.15, 0.2) is 17.7 Å². The summed E-state index contributed by atoms with van der Waals surface area (Å²) in [6.45, 7) is 6.53. The van der Waals surface area contributed by atoms with Gasteiger partial charge in [-0.15, -0.1) is 0 Å². The minimum Gasteiger partial charge on any atom is -0.257 e. The van der Waals surface area contributed by atoms with Gasteiger partial charge in [0.2, 0.25) is 0 Å². The molecule has 0 saturated heterocycles. The molecule has 0 fully saturated rings. The van der Waals surface area contributed by atoms with Crippen molar-refractivity contribution in [2.24, 2.45) is 0 Å². The van der Waals surface area contributed by atoms with Crippen molar-refractivity contribution in [1.29, 1.82) is 0 Å². The fourth-order valence-electron chi connectivity index (χ4n) is 1.70. The highest BCUT2D eigenvalue weighted by atomic mass is 14.7. The van der Waals surface area contributed by atoms with Crippen molar-refractivity contribution in [2.75, 3.05) is 0 Å². The lowest BCUT2D eigenvalue weighted by atomic mass is 10.1. The van der Waals surface area contributed by atoms with Crippen LogP contribution >= 0.6 is 0 Å². The van der Waals surface area contributed by atoms with Crippen molar-refractivity contribution in [3.05, 3.63) is 34.7 Å². The number of hydrogen-bond acceptors (Lipinski definition) is 1. The minimum atomic E-state index is 0.534. The Kier molecular flexibility index (Phi) is 1.95. The molecule has 1 aromatic heterocycles. The summed E-state index contributed by atoms with van der Waals surface area (Å²) >= 11 is 0. The van der Waals surface area contributed by atoms with Crippen LogP contribution in [0.4, 0.5) is 0 Å². The van der Waals surface area contributed by atoms with Gasteiger partial charge in [-0.2, -0.15) is 0 Å². The smallest absolute Gasteiger partial charge is 0.0519 e. The molecular formula is C12H15N. The molecule has 0 spiro atoms. The summed E-state index contributed by atoms with van der Waals surface area (Å²) in [6, 6.07) is 4.33. The lowest BCUT2D eigenvalue weighted by Crippen LogP contribution is -1.97. The molecule has 0 aromatic carbocycles. The van der Waals surface area contributed by atoms with Crippen LogP contribution in [-0.4, -0.2) is 4.98 Å². The van der Waals surface area contributed by atoms with E-state index < -0.39 is 0 Å². The van der Waals surface area contributed by atoms with Crippen LogP contribution in [0.25, 0.3) is 6.08 Å². The van der Waals surface area contributed by atoms with Gasteiger partial charge in [0, 0.05) is 12.1 Å². The molecule has 1 heterocycles. The predicted molar refractivity (Wildman–Crippen MR) is 55.7 cm³/mol. The van der Waals surface area contributed by atoms with Gasteiger partial charge in [0.15, 0.2) is 0 Å². The summed E-state index contributed by atoms with van der Waals surface area (Å²) in [4.78, 5) is 4.65. The zero-order chi connectivity index (χ0) is 9.42. The van der Waals surface area contributed by atoms with E-state index in [-0.39, 0.29) is 0 Å². The van der Waals surface area contributed by atoms with Crippen LogP contribution in [0.5, 0.6) is 0 Å². The van der Waals surface area contributed by atoms with E-state index in [1.807, 2.05) is 0 Å². The third kappa shape index (κ3) is 1.51. The number of nitrogens with zero attached hydrogens (tertiary/aromatic N) is 1. The third-order valence-electron chi connectivity index (χ3n) is 2.47. The molecular weight excluding hydrogens is 158 g/mol. The number of rotatable bonds is 1. The molecule has 0 N–H and O–H groups in total. The molecule has 2 rings (SSSR count). The molecule has 13 heavy (non-hydrogen) atoms. The molecule has 68 valence electrons. The fraction of sp³-hybridized carbons (Fsp3) is 0.417. The first-order valence-electron chi connectivity index (χ1n) is 4.84. The lowest BCUT2D eigenvalue weighted by Gasteiger charge is -2.06. The first-order valence-corrected chi connectivity index (χ1v) is 4.84. The molecule has 0 aliphatic heterocycles. The van der Waals surface area contributed by atoms with Crippen LogP contribution in [0.2, 0.25) is 0 Å². The maximum atomic E-state index is 4.65. The van der Waals surface area contributed by atoms with Crippen LogP contribution in [-0.2, 0) is 6.42 Å². The van der Waals surface area contributed by atoms with Crippen LogP contribution < -0.4 is 0 Å². The normalized spacial score (nSPS) is 14.6. The van der Waals surface area contributed by atoms with Crippen molar-refractivity contribution in [1.82, 2.24) is 4.98 Å². The Labute approximate surface area is 79.5 Å². The SMILES string of the molecule is CC1=Cc2ccc(C(C)C)nc2C1. The van der Waals surface area contributed by atoms with Crippen molar-refractivity contribution in [3.63, 3.8) is 0 Å². The van der Waals surface area contributed by atoms with E-state index in [2.05, 4.69) is 44.0 Å². The first kappa shape index (κ1) is 8.49. The fourth-order valence-corrected chi connectivity index (χ4v) is 1.70. The van der Waals surface area contributed by atoms with Gasteiger partial charge >= 0.3 is 0 Å². The Hall–Kier alpha value is -1.11. The van der Waals surface area contributed by atoms with Crippen molar-refractivity contribution < 1.29 is 0 Å². The van der Waals surface area contributed by atoms with Gasteiger partial charge in [-0.1, -0.05) is 31.6 Å². The van der Waals surface area contributed by atoms with Crippen molar-refractivity contribution >= 4 is 6.08 Å². The summed E-state index contributed by atoms with van der Waals surface area (Å²) < 4.78 is 0. The molecule has 1 aliphatic rings. The minimum absolute atomic E-state index is 0.534. The van der Waals surface area contributed by atoms with E-state index in [0.717, 1.165) is 6.42 Å². The average molecular weight is 173 g/mol. The summed E-state index contributed by atoms with van der Waals surface area (Å²) in [5, 5.41) is 0. The summed E-state index contributed by atoms with van der Waals surface area (Å²) in [7, 11) is 0. The number of pyridine rings is 1. The van der Waals surface area contributed by atoms with E-state index in [1.165, 1.54) is 22.5 Å². The Bertz CT molecular complexity index is 361. The first-order chi connectivity index (χ1) is 6.16. The second-order valence-electron chi connectivity index (χ2n) is 4.09. The van der Waals surface area contributed by atoms with Gasteiger partial charge in [0.1, 0.15) is 0 Å². The number of allylic oxidation sites excluding steroid dienone is 1. The topological polar surface area (TPSA) is 12.9 Å². The molecule has 0 atom stereocenters. The van der Waals surface area contributed by atoms with Gasteiger partial charge in [0.25, 0.3) is 0 Å². The Morgan fingerprint density at radius 2 is 2.08 bits per heavy atom. The molecule has 1 heteroatoms. The number of hydrogen-bond donors (Lipinski definition) is 0. The standard InChI is InChI=1S/C12H15N/c1-8(2)11-5-4-10-6-9(3)7-12(10)13-11/h4-6,8H,7H2,1-3H3. The largest absolute Gasteiger partial charge is 0.257 e. The van der Waals surface area contributed by atoms with Gasteiger partial charge < -0.3 is 0 Å². The van der Waals surface area contributed by atoms with E-state index in [4.69, 9.17) is 0 Å². The second-order valence-corrected chi connectivity index (χ2v) is 4.09. The molecule has 1 aromatic rings. The van der Waals surface area contributed by atoms with Crippen LogP contribution in [0, 0.1) is 0 Å². The van der Waals surface area contributed by atoms with Crippen LogP contribution in [0.3, 0.4) is 0 Å². The van der Waals surface area contributed by atoms with E-state index in [1.54, 1.807) is 0 Å². The quantitative estimate of drug-likeness (QED) is 0.635. The lowest BCUT2D eigenvalue weighted by molar-refractivity contribution is 0.810. The maximum absolute atomic E-state index is 4.65. The van der Waals surface area contributed by atoms with Gasteiger partial charge in [-0.05, 0) is 24.5 Å². The maximum Gasteiger partial charge on any atom is 0.0519 e. The average Bonchev–Trinajstić information content (AvgIpc) is 2.42. The van der Waals surface area contributed by atoms with Gasteiger partial charge in [0.05, 0.1) is 5.69 Å². The highest BCUT2D eigenvalue weighted by Gasteiger charge is 2.12. The molecule has 0 amide bonds. The molecule has 0 saturated carbocycles. The zero-order valence-electron chi connectivity index (χ0n) is 8.46. The van der Waals surface area contributed by atoms with Crippen molar-refractivity contribution in [2.45, 2.75) is 33.1 Å². The monoisotopic (exact) mass is 173 g/mol. The summed E-state index contributed by atoms with van der Waals surface area (Å²) in [6.07, 6.45) is 3.27. The predicted octanol–water partition coefficient (Wildman–Crippen LogP) is 3.16. The Balaban J connectivity index is 2.40. The molecule has 1 nitrogen and oxygen atoms in total. The summed E-state index contributed by atoms with van der Waals surface area (Å²) in [5.41, 5.74) is 5.19. The highest BCUT2D eigenvalue weighted by molar-refractivity contribution is 5.61.